The molecule has 2 heterocycles. The predicted octanol–water partition coefficient (Wildman–Crippen LogP) is 4.57. The number of esters is 1. The van der Waals surface area contributed by atoms with Gasteiger partial charge in [-0.25, -0.2) is 9.79 Å². The summed E-state index contributed by atoms with van der Waals surface area (Å²) in [6.07, 6.45) is 1.80. The highest BCUT2D eigenvalue weighted by Gasteiger charge is 2.33. The van der Waals surface area contributed by atoms with E-state index in [1.807, 2.05) is 43.3 Å². The number of aromatic nitrogens is 1. The van der Waals surface area contributed by atoms with Crippen LogP contribution in [0.4, 0.5) is 0 Å². The number of thiazole rings is 1. The van der Waals surface area contributed by atoms with E-state index >= 15 is 0 Å². The first-order valence-corrected chi connectivity index (χ1v) is 13.9. The van der Waals surface area contributed by atoms with Gasteiger partial charge in [-0.05, 0) is 79.3 Å². The van der Waals surface area contributed by atoms with E-state index in [1.54, 1.807) is 31.6 Å². The van der Waals surface area contributed by atoms with Crippen LogP contribution in [0.1, 0.15) is 37.9 Å². The third kappa shape index (κ3) is 5.16. The number of fused-ring (bicyclic) bond motifs is 1. The molecule has 0 aliphatic carbocycles. The van der Waals surface area contributed by atoms with Gasteiger partial charge in [0, 0.05) is 10.0 Å². The molecular weight excluding hydrogens is 659 g/mol. The fraction of sp³-hybridized carbons (Fsp3) is 0.269. The summed E-state index contributed by atoms with van der Waals surface area (Å²) >= 11 is 6.99. The van der Waals surface area contributed by atoms with Crippen LogP contribution in [0.3, 0.4) is 0 Å². The smallest absolute Gasteiger partial charge is 0.338 e. The molecule has 0 unspecified atom stereocenters. The molecule has 0 fully saturated rings. The Morgan fingerprint density at radius 2 is 1.94 bits per heavy atom. The van der Waals surface area contributed by atoms with Gasteiger partial charge in [-0.1, -0.05) is 39.4 Å². The van der Waals surface area contributed by atoms with Gasteiger partial charge in [-0.3, -0.25) is 9.36 Å². The van der Waals surface area contributed by atoms with E-state index in [4.69, 9.17) is 14.2 Å². The summed E-state index contributed by atoms with van der Waals surface area (Å²) in [7, 11) is 1.60. The summed E-state index contributed by atoms with van der Waals surface area (Å²) in [4.78, 5) is 32.0. The maximum atomic E-state index is 13.8. The number of rotatable bonds is 7. The van der Waals surface area contributed by atoms with E-state index in [2.05, 4.69) is 43.5 Å². The Bertz CT molecular complexity index is 1530. The number of carbonyl (C=O) groups excluding carboxylic acids is 1. The first-order valence-electron chi connectivity index (χ1n) is 11.2. The van der Waals surface area contributed by atoms with Gasteiger partial charge < -0.3 is 14.2 Å². The van der Waals surface area contributed by atoms with Crippen LogP contribution < -0.4 is 24.4 Å². The van der Waals surface area contributed by atoms with Gasteiger partial charge in [0.2, 0.25) is 0 Å². The first kappa shape index (κ1) is 26.6. The number of hydrogen-bond donors (Lipinski definition) is 0. The van der Waals surface area contributed by atoms with Crippen molar-refractivity contribution >= 4 is 61.9 Å². The van der Waals surface area contributed by atoms with Crippen LogP contribution in [0.25, 0.3) is 6.08 Å². The standard InChI is InChI=1S/C26H24BrIN2O5S/c1-5-34-18-9-7-15(8-10-18)22-21(25(32)35-6-2)14(3)29-26-30(22)24(31)20(36-26)12-16-11-17(27)13-19(28)23(16)33-4/h7-13,22H,5-6H2,1-4H3/b20-12-/t22-/m1/s1. The van der Waals surface area contributed by atoms with Crippen molar-refractivity contribution in [1.82, 2.24) is 4.57 Å². The van der Waals surface area contributed by atoms with Crippen LogP contribution in [0, 0.1) is 3.57 Å². The zero-order valence-electron chi connectivity index (χ0n) is 20.1. The van der Waals surface area contributed by atoms with Crippen LogP contribution in [-0.2, 0) is 9.53 Å². The second-order valence-corrected chi connectivity index (χ2v) is 10.9. The largest absolute Gasteiger partial charge is 0.495 e. The monoisotopic (exact) mass is 682 g/mol. The minimum atomic E-state index is -0.678. The lowest BCUT2D eigenvalue weighted by Gasteiger charge is -2.24. The molecule has 1 atom stereocenters. The van der Waals surface area contributed by atoms with Crippen molar-refractivity contribution < 1.29 is 19.0 Å². The van der Waals surface area contributed by atoms with Crippen molar-refractivity contribution in [2.75, 3.05) is 20.3 Å². The van der Waals surface area contributed by atoms with Crippen LogP contribution in [0.5, 0.6) is 11.5 Å². The van der Waals surface area contributed by atoms with Crippen LogP contribution in [-0.4, -0.2) is 30.9 Å². The van der Waals surface area contributed by atoms with Crippen molar-refractivity contribution in [2.24, 2.45) is 4.99 Å². The summed E-state index contributed by atoms with van der Waals surface area (Å²) in [6.45, 7) is 6.20. The maximum absolute atomic E-state index is 13.8. The summed E-state index contributed by atoms with van der Waals surface area (Å²) in [6, 6.07) is 10.6. The van der Waals surface area contributed by atoms with Gasteiger partial charge >= 0.3 is 5.97 Å². The lowest BCUT2D eigenvalue weighted by molar-refractivity contribution is -0.139. The highest BCUT2D eigenvalue weighted by atomic mass is 127. The molecule has 1 aliphatic rings. The third-order valence-electron chi connectivity index (χ3n) is 5.55. The summed E-state index contributed by atoms with van der Waals surface area (Å²) in [5, 5.41) is 0. The van der Waals surface area contributed by atoms with Crippen LogP contribution >= 0.6 is 49.9 Å². The molecule has 4 rings (SSSR count). The SMILES string of the molecule is CCOC(=O)C1=C(C)N=c2s/c(=C\c3cc(Br)cc(I)c3OC)c(=O)n2[C@@H]1c1ccc(OCC)cc1. The number of halogens is 2. The van der Waals surface area contributed by atoms with Gasteiger partial charge in [-0.15, -0.1) is 0 Å². The number of hydrogen-bond acceptors (Lipinski definition) is 7. The Kier molecular flexibility index (Phi) is 8.36. The van der Waals surface area contributed by atoms with Crippen molar-refractivity contribution in [2.45, 2.75) is 26.8 Å². The lowest BCUT2D eigenvalue weighted by atomic mass is 9.96. The summed E-state index contributed by atoms with van der Waals surface area (Å²) in [5.41, 5.74) is 2.15. The fourth-order valence-corrected chi connectivity index (χ4v) is 6.87. The molecule has 0 saturated carbocycles. The second kappa shape index (κ2) is 11.3. The van der Waals surface area contributed by atoms with Crippen molar-refractivity contribution in [3.63, 3.8) is 0 Å². The predicted molar refractivity (Wildman–Crippen MR) is 151 cm³/mol. The normalized spacial score (nSPS) is 15.4. The molecule has 10 heteroatoms. The number of methoxy groups -OCH3 is 1. The van der Waals surface area contributed by atoms with Gasteiger partial charge in [0.1, 0.15) is 11.5 Å². The third-order valence-corrected chi connectivity index (χ3v) is 7.79. The van der Waals surface area contributed by atoms with Crippen LogP contribution in [0.2, 0.25) is 0 Å². The molecule has 3 aromatic rings. The number of benzene rings is 2. The molecule has 1 aliphatic heterocycles. The minimum absolute atomic E-state index is 0.220. The fourth-order valence-electron chi connectivity index (χ4n) is 4.06. The Morgan fingerprint density at radius 1 is 1.22 bits per heavy atom. The van der Waals surface area contributed by atoms with E-state index in [0.29, 0.717) is 38.7 Å². The van der Waals surface area contributed by atoms with E-state index in [9.17, 15) is 9.59 Å². The minimum Gasteiger partial charge on any atom is -0.495 e. The average Bonchev–Trinajstić information content (AvgIpc) is 3.13. The topological polar surface area (TPSA) is 79.1 Å². The molecule has 2 aromatic carbocycles. The van der Waals surface area contributed by atoms with Gasteiger partial charge in [0.15, 0.2) is 4.80 Å². The highest BCUT2D eigenvalue weighted by molar-refractivity contribution is 14.1. The Labute approximate surface area is 234 Å². The molecular formula is C26H24BrIN2O5S. The van der Waals surface area contributed by atoms with Gasteiger partial charge in [0.25, 0.3) is 5.56 Å². The Balaban J connectivity index is 1.95. The van der Waals surface area contributed by atoms with Gasteiger partial charge in [0.05, 0.1) is 45.7 Å². The van der Waals surface area contributed by atoms with Crippen molar-refractivity contribution in [3.8, 4) is 11.5 Å². The molecule has 1 aromatic heterocycles. The average molecular weight is 683 g/mol. The van der Waals surface area contributed by atoms with E-state index in [1.165, 1.54) is 11.3 Å². The van der Waals surface area contributed by atoms with E-state index in [0.717, 1.165) is 19.2 Å². The molecule has 7 nitrogen and oxygen atoms in total. The van der Waals surface area contributed by atoms with E-state index in [-0.39, 0.29) is 12.2 Å². The molecule has 0 bridgehead atoms. The van der Waals surface area contributed by atoms with Crippen LogP contribution in [0.15, 0.2) is 61.9 Å². The van der Waals surface area contributed by atoms with Crippen molar-refractivity contribution in [3.05, 3.63) is 86.5 Å². The summed E-state index contributed by atoms with van der Waals surface area (Å²) in [5.74, 6) is 0.898. The molecule has 0 N–H and O–H groups in total. The zero-order valence-corrected chi connectivity index (χ0v) is 24.7. The molecule has 0 saturated heterocycles. The number of ether oxygens (including phenoxy) is 3. The summed E-state index contributed by atoms with van der Waals surface area (Å²) < 4.78 is 20.4. The van der Waals surface area contributed by atoms with Crippen molar-refractivity contribution in [1.29, 1.82) is 0 Å². The molecule has 0 amide bonds. The maximum Gasteiger partial charge on any atom is 0.338 e. The highest BCUT2D eigenvalue weighted by Crippen LogP contribution is 2.32. The first-order chi connectivity index (χ1) is 17.3. The number of allylic oxidation sites excluding steroid dienone is 1. The molecule has 36 heavy (non-hydrogen) atoms. The number of carbonyl (C=O) groups is 1. The number of nitrogens with zero attached hydrogens (tertiary/aromatic N) is 2. The lowest BCUT2D eigenvalue weighted by Crippen LogP contribution is -2.39. The Morgan fingerprint density at radius 3 is 2.58 bits per heavy atom. The second-order valence-electron chi connectivity index (χ2n) is 7.81. The van der Waals surface area contributed by atoms with Gasteiger partial charge in [-0.2, -0.15) is 0 Å². The Hall–Kier alpha value is -2.44. The quantitative estimate of drug-likeness (QED) is 0.270. The molecule has 0 radical (unpaired) electrons. The zero-order chi connectivity index (χ0) is 26.0. The molecule has 188 valence electrons. The van der Waals surface area contributed by atoms with E-state index < -0.39 is 12.0 Å². The molecule has 0 spiro atoms.